The molecule has 3 nitrogen and oxygen atoms in total. The molecular weight excluding hydrogens is 711 g/mol. The zero-order valence-corrected chi connectivity index (χ0v) is 24.2. The molecule has 0 aliphatic carbocycles. The molecule has 6 rings (SSSR count). The van der Waals surface area contributed by atoms with Crippen LogP contribution in [0.1, 0.15) is 19.4 Å². The van der Waals surface area contributed by atoms with Gasteiger partial charge >= 0.3 is 6.18 Å². The monoisotopic (exact) mass is 733 g/mol. The zero-order chi connectivity index (χ0) is 28.6. The van der Waals surface area contributed by atoms with Gasteiger partial charge in [-0.05, 0) is 69.9 Å². The van der Waals surface area contributed by atoms with E-state index in [1.807, 2.05) is 30.3 Å². The summed E-state index contributed by atoms with van der Waals surface area (Å²) in [7, 11) is 0. The number of benzene rings is 5. The Bertz CT molecular complexity index is 1960. The summed E-state index contributed by atoms with van der Waals surface area (Å²) in [6.07, 6.45) is -1.74. The van der Waals surface area contributed by atoms with E-state index in [2.05, 4.69) is 11.1 Å². The number of carbonyl (C=O) groups is 1. The normalized spacial score (nSPS) is 11.8. The second-order valence-electron chi connectivity index (χ2n) is 9.38. The van der Waals surface area contributed by atoms with E-state index in [1.54, 1.807) is 30.5 Å². The summed E-state index contributed by atoms with van der Waals surface area (Å²) in [6.45, 7) is 2.85. The topological polar surface area (TPSA) is 50.2 Å². The fraction of sp³-hybridized carbons (Fsp3) is 0.0909. The average molecular weight is 733 g/mol. The van der Waals surface area contributed by atoms with Crippen LogP contribution in [-0.2, 0) is 31.1 Å². The summed E-state index contributed by atoms with van der Waals surface area (Å²) < 4.78 is 55.2. The molecule has 1 N–H and O–H groups in total. The number of aromatic nitrogens is 1. The second-order valence-corrected chi connectivity index (χ2v) is 9.38. The van der Waals surface area contributed by atoms with Crippen molar-refractivity contribution in [1.29, 1.82) is 0 Å². The number of aliphatic hydroxyl groups is 1. The molecule has 0 fully saturated rings. The molecule has 0 saturated heterocycles. The molecule has 5 aromatic carbocycles. The third kappa shape index (κ3) is 6.14. The van der Waals surface area contributed by atoms with Gasteiger partial charge in [0.25, 0.3) is 0 Å². The van der Waals surface area contributed by atoms with Gasteiger partial charge < -0.3 is 5.11 Å². The Balaban J connectivity index is 0.000000434. The Kier molecular flexibility index (Phi) is 8.57. The number of halogens is 4. The molecule has 0 unspecified atom stereocenters. The number of hydrogen-bond acceptors (Lipinski definition) is 3. The summed E-state index contributed by atoms with van der Waals surface area (Å²) in [5, 5.41) is 14.0. The molecule has 6 aromatic rings. The maximum Gasteiger partial charge on any atom is 0.403 e. The number of ketones is 1. The number of nitrogens with zero attached hydrogens (tertiary/aromatic N) is 1. The van der Waals surface area contributed by atoms with Gasteiger partial charge in [0.2, 0.25) is 0 Å². The first-order valence-corrected chi connectivity index (χ1v) is 12.3. The van der Waals surface area contributed by atoms with Gasteiger partial charge in [-0.25, -0.2) is 4.39 Å². The maximum absolute atomic E-state index is 13.9. The van der Waals surface area contributed by atoms with Crippen molar-refractivity contribution in [3.63, 3.8) is 0 Å². The number of hydrogen-bond donors (Lipinski definition) is 1. The molecule has 0 atom stereocenters. The van der Waals surface area contributed by atoms with Gasteiger partial charge in [-0.1, -0.05) is 59.5 Å². The molecule has 8 heteroatoms. The minimum atomic E-state index is -4.51. The summed E-state index contributed by atoms with van der Waals surface area (Å²) in [4.78, 5) is 14.5. The van der Waals surface area contributed by atoms with Gasteiger partial charge in [0, 0.05) is 38.1 Å². The van der Waals surface area contributed by atoms with Gasteiger partial charge in [-0.3, -0.25) is 9.78 Å². The minimum absolute atomic E-state index is 0. The Morgan fingerprint density at radius 1 is 0.829 bits per heavy atom. The number of aliphatic hydroxyl groups excluding tert-OH is 1. The van der Waals surface area contributed by atoms with Crippen molar-refractivity contribution >= 4 is 48.9 Å². The van der Waals surface area contributed by atoms with Crippen molar-refractivity contribution < 1.29 is 47.6 Å². The predicted octanol–water partition coefficient (Wildman–Crippen LogP) is 9.35. The van der Waals surface area contributed by atoms with Crippen molar-refractivity contribution in [2.75, 3.05) is 0 Å². The van der Waals surface area contributed by atoms with Crippen LogP contribution in [0.5, 0.6) is 0 Å². The van der Waals surface area contributed by atoms with Crippen LogP contribution in [0.15, 0.2) is 96.9 Å². The first-order valence-electron chi connectivity index (χ1n) is 12.3. The Hall–Kier alpha value is -4.13. The van der Waals surface area contributed by atoms with Crippen molar-refractivity contribution in [3.8, 4) is 11.3 Å². The third-order valence-corrected chi connectivity index (χ3v) is 6.47. The SMILES string of the molecule is CC(=O)/C=C(/C)O.Fc1ccc2c(ccc3c4ccnc(-c5[c-]c6ccccc6c(C(F)(F)F)c5)c4ccc23)c1.[Ir]. The van der Waals surface area contributed by atoms with Gasteiger partial charge in [0.15, 0.2) is 5.78 Å². The molecule has 0 spiro atoms. The average Bonchev–Trinajstić information content (AvgIpc) is 2.90. The third-order valence-electron chi connectivity index (χ3n) is 6.47. The van der Waals surface area contributed by atoms with Gasteiger partial charge in [0.1, 0.15) is 5.82 Å². The molecule has 0 amide bonds. The van der Waals surface area contributed by atoms with Crippen LogP contribution < -0.4 is 0 Å². The number of fused-ring (bicyclic) bond motifs is 6. The number of carbonyl (C=O) groups excluding carboxylic acids is 1. The van der Waals surface area contributed by atoms with Crippen molar-refractivity contribution in [1.82, 2.24) is 4.98 Å². The van der Waals surface area contributed by atoms with Crippen molar-refractivity contribution in [2.24, 2.45) is 0 Å². The van der Waals surface area contributed by atoms with E-state index in [1.165, 1.54) is 38.1 Å². The van der Waals surface area contributed by atoms with Crippen LogP contribution in [0.3, 0.4) is 0 Å². The van der Waals surface area contributed by atoms with Gasteiger partial charge in [-0.15, -0.1) is 23.6 Å². The van der Waals surface area contributed by atoms with E-state index in [9.17, 15) is 22.4 Å². The predicted molar refractivity (Wildman–Crippen MR) is 151 cm³/mol. The maximum atomic E-state index is 13.9. The molecule has 0 aliphatic rings. The number of allylic oxidation sites excluding steroid dienone is 2. The van der Waals surface area contributed by atoms with Crippen LogP contribution in [-0.4, -0.2) is 15.9 Å². The number of alkyl halides is 3. The Labute approximate surface area is 246 Å². The summed E-state index contributed by atoms with van der Waals surface area (Å²) in [6, 6.07) is 24.6. The van der Waals surface area contributed by atoms with E-state index >= 15 is 0 Å². The summed E-state index contributed by atoms with van der Waals surface area (Å²) in [5.41, 5.74) is 0.0122. The molecule has 1 aromatic heterocycles. The van der Waals surface area contributed by atoms with Crippen LogP contribution in [0.2, 0.25) is 0 Å². The molecule has 41 heavy (non-hydrogen) atoms. The molecular formula is C33H22F4IrNO2-. The molecule has 0 aliphatic heterocycles. The summed E-state index contributed by atoms with van der Waals surface area (Å²) >= 11 is 0. The largest absolute Gasteiger partial charge is 0.512 e. The fourth-order valence-corrected chi connectivity index (χ4v) is 4.88. The molecule has 1 radical (unpaired) electrons. The Morgan fingerprint density at radius 3 is 2.15 bits per heavy atom. The quantitative estimate of drug-likeness (QED) is 0.0635. The summed E-state index contributed by atoms with van der Waals surface area (Å²) in [5.74, 6) is -0.367. The van der Waals surface area contributed by atoms with E-state index < -0.39 is 11.7 Å². The second kappa shape index (κ2) is 11.8. The fourth-order valence-electron chi connectivity index (χ4n) is 4.88. The molecule has 0 saturated carbocycles. The van der Waals surface area contributed by atoms with E-state index in [0.717, 1.165) is 38.4 Å². The molecule has 1 heterocycles. The van der Waals surface area contributed by atoms with Crippen LogP contribution in [0, 0.1) is 11.9 Å². The Morgan fingerprint density at radius 2 is 1.46 bits per heavy atom. The van der Waals surface area contributed by atoms with Crippen molar-refractivity contribution in [3.05, 3.63) is 114 Å². The van der Waals surface area contributed by atoms with E-state index in [-0.39, 0.29) is 48.4 Å². The van der Waals surface area contributed by atoms with E-state index in [0.29, 0.717) is 11.1 Å². The first-order chi connectivity index (χ1) is 19.0. The van der Waals surface area contributed by atoms with Gasteiger partial charge in [0.05, 0.1) is 5.76 Å². The minimum Gasteiger partial charge on any atom is -0.512 e. The smallest absolute Gasteiger partial charge is 0.403 e. The van der Waals surface area contributed by atoms with Crippen LogP contribution >= 0.6 is 0 Å². The molecule has 209 valence electrons. The van der Waals surface area contributed by atoms with E-state index in [4.69, 9.17) is 5.11 Å². The van der Waals surface area contributed by atoms with Crippen LogP contribution in [0.25, 0.3) is 54.3 Å². The van der Waals surface area contributed by atoms with Crippen LogP contribution in [0.4, 0.5) is 17.6 Å². The first kappa shape index (κ1) is 29.8. The van der Waals surface area contributed by atoms with Crippen molar-refractivity contribution in [2.45, 2.75) is 20.0 Å². The zero-order valence-electron chi connectivity index (χ0n) is 21.8. The standard InChI is InChI=1S/C28H14F4N.C5H8O2.Ir/c29-19-6-8-20-17(14-19)5-7-23-22(20)9-10-25-24(23)11-12-33-27(25)18-13-16-3-1-2-4-21(16)26(15-18)28(30,31)32;1-4(6)3-5(2)7;/h1-12,14-15H;3,6H,1-2H3;/q-1;;/b;4-3-;. The molecule has 0 bridgehead atoms. The number of rotatable bonds is 2. The van der Waals surface area contributed by atoms with Gasteiger partial charge in [-0.2, -0.15) is 13.2 Å². The number of pyridine rings is 1.